The van der Waals surface area contributed by atoms with Gasteiger partial charge in [-0.2, -0.15) is 0 Å². The number of nitrogens with two attached hydrogens (primary N) is 1. The van der Waals surface area contributed by atoms with Crippen molar-refractivity contribution in [2.45, 2.75) is 6.42 Å². The normalized spacial score (nSPS) is 10.3. The number of thiophene rings is 1. The van der Waals surface area contributed by atoms with Gasteiger partial charge in [0, 0.05) is 11.4 Å². The Hall–Kier alpha value is -2.01. The molecule has 0 spiro atoms. The van der Waals surface area contributed by atoms with E-state index in [1.807, 2.05) is 29.6 Å². The second kappa shape index (κ2) is 6.24. The molecule has 0 radical (unpaired) electrons. The summed E-state index contributed by atoms with van der Waals surface area (Å²) in [5, 5.41) is 11.0. The van der Waals surface area contributed by atoms with E-state index in [0.29, 0.717) is 12.2 Å². The third-order valence-electron chi connectivity index (χ3n) is 2.81. The van der Waals surface area contributed by atoms with Crippen molar-refractivity contribution < 1.29 is 9.90 Å². The summed E-state index contributed by atoms with van der Waals surface area (Å²) in [6.45, 7) is 0.598. The molecule has 0 aliphatic rings. The molecule has 0 atom stereocenters. The standard InChI is InChI=1S/C14H16N2O2S/c15-12-5-1-2-6-13(12)16(10-14(17)18)8-7-11-4-3-9-19-11/h1-6,9H,7-8,10,15H2,(H,17,18). The highest BCUT2D eigenvalue weighted by Gasteiger charge is 2.13. The van der Waals surface area contributed by atoms with Crippen LogP contribution in [0, 0.1) is 0 Å². The summed E-state index contributed by atoms with van der Waals surface area (Å²) in [6, 6.07) is 11.4. The van der Waals surface area contributed by atoms with Crippen molar-refractivity contribution in [1.29, 1.82) is 0 Å². The molecule has 19 heavy (non-hydrogen) atoms. The Balaban J connectivity index is 2.11. The fraction of sp³-hybridized carbons (Fsp3) is 0.214. The molecule has 1 heterocycles. The molecule has 0 unspecified atom stereocenters. The number of carbonyl (C=O) groups is 1. The minimum atomic E-state index is -0.852. The largest absolute Gasteiger partial charge is 0.480 e. The molecule has 0 aliphatic carbocycles. The van der Waals surface area contributed by atoms with Gasteiger partial charge in [-0.05, 0) is 30.0 Å². The molecule has 5 heteroatoms. The lowest BCUT2D eigenvalue weighted by atomic mass is 10.2. The number of rotatable bonds is 6. The maximum Gasteiger partial charge on any atom is 0.323 e. The van der Waals surface area contributed by atoms with Crippen LogP contribution in [0.4, 0.5) is 11.4 Å². The molecule has 1 aromatic carbocycles. The summed E-state index contributed by atoms with van der Waals surface area (Å²) in [6.07, 6.45) is 0.819. The third kappa shape index (κ3) is 3.72. The van der Waals surface area contributed by atoms with Crippen LogP contribution in [0.5, 0.6) is 0 Å². The first-order valence-electron chi connectivity index (χ1n) is 6.00. The SMILES string of the molecule is Nc1ccccc1N(CCc1cccs1)CC(=O)O. The van der Waals surface area contributed by atoms with Gasteiger partial charge in [0.25, 0.3) is 0 Å². The van der Waals surface area contributed by atoms with Gasteiger partial charge in [-0.25, -0.2) is 0 Å². The summed E-state index contributed by atoms with van der Waals surface area (Å²) < 4.78 is 0. The first kappa shape index (κ1) is 13.4. The Morgan fingerprint density at radius 1 is 1.26 bits per heavy atom. The minimum Gasteiger partial charge on any atom is -0.480 e. The van der Waals surface area contributed by atoms with E-state index in [9.17, 15) is 4.79 Å². The average molecular weight is 276 g/mol. The predicted molar refractivity (Wildman–Crippen MR) is 78.7 cm³/mol. The van der Waals surface area contributed by atoms with E-state index < -0.39 is 5.97 Å². The van der Waals surface area contributed by atoms with Crippen molar-refractivity contribution in [3.63, 3.8) is 0 Å². The molecule has 100 valence electrons. The number of carboxylic acid groups (broad SMARTS) is 1. The first-order valence-corrected chi connectivity index (χ1v) is 6.88. The van der Waals surface area contributed by atoms with Crippen LogP contribution in [0.1, 0.15) is 4.88 Å². The topological polar surface area (TPSA) is 66.6 Å². The number of carboxylic acids is 1. The summed E-state index contributed by atoms with van der Waals surface area (Å²) >= 11 is 1.68. The van der Waals surface area contributed by atoms with Crippen LogP contribution >= 0.6 is 11.3 Å². The molecule has 0 bridgehead atoms. The molecule has 0 aliphatic heterocycles. The van der Waals surface area contributed by atoms with E-state index in [1.165, 1.54) is 4.88 Å². The molecular formula is C14H16N2O2S. The molecule has 3 N–H and O–H groups in total. The van der Waals surface area contributed by atoms with Gasteiger partial charge in [0.2, 0.25) is 0 Å². The molecular weight excluding hydrogens is 260 g/mol. The maximum atomic E-state index is 11.0. The van der Waals surface area contributed by atoms with Crippen LogP contribution in [-0.4, -0.2) is 24.2 Å². The fourth-order valence-electron chi connectivity index (χ4n) is 1.92. The zero-order chi connectivity index (χ0) is 13.7. The summed E-state index contributed by atoms with van der Waals surface area (Å²) in [5.74, 6) is -0.852. The number of hydrogen-bond donors (Lipinski definition) is 2. The van der Waals surface area contributed by atoms with Crippen LogP contribution in [0.3, 0.4) is 0 Å². The third-order valence-corrected chi connectivity index (χ3v) is 3.75. The van der Waals surface area contributed by atoms with Gasteiger partial charge in [-0.3, -0.25) is 4.79 Å². The first-order chi connectivity index (χ1) is 9.16. The van der Waals surface area contributed by atoms with Gasteiger partial charge in [0.1, 0.15) is 6.54 Å². The second-order valence-electron chi connectivity index (χ2n) is 4.20. The van der Waals surface area contributed by atoms with Gasteiger partial charge in [0.15, 0.2) is 0 Å². The van der Waals surface area contributed by atoms with Crippen molar-refractivity contribution in [2.24, 2.45) is 0 Å². The summed E-state index contributed by atoms with van der Waals surface area (Å²) in [4.78, 5) is 14.0. The van der Waals surface area contributed by atoms with Gasteiger partial charge in [-0.15, -0.1) is 11.3 Å². The van der Waals surface area contributed by atoms with E-state index in [4.69, 9.17) is 10.8 Å². The Kier molecular flexibility index (Phi) is 4.41. The van der Waals surface area contributed by atoms with Crippen molar-refractivity contribution in [2.75, 3.05) is 23.7 Å². The number of benzene rings is 1. The molecule has 0 fully saturated rings. The molecule has 1 aromatic heterocycles. The van der Waals surface area contributed by atoms with Crippen LogP contribution < -0.4 is 10.6 Å². The highest BCUT2D eigenvalue weighted by molar-refractivity contribution is 7.09. The van der Waals surface area contributed by atoms with Crippen LogP contribution in [0.2, 0.25) is 0 Å². The van der Waals surface area contributed by atoms with E-state index in [1.54, 1.807) is 22.3 Å². The van der Waals surface area contributed by atoms with Gasteiger partial charge in [-0.1, -0.05) is 18.2 Å². The zero-order valence-electron chi connectivity index (χ0n) is 10.5. The molecule has 0 saturated carbocycles. The Morgan fingerprint density at radius 2 is 2.05 bits per heavy atom. The van der Waals surface area contributed by atoms with E-state index in [0.717, 1.165) is 12.1 Å². The van der Waals surface area contributed by atoms with Crippen LogP contribution in [-0.2, 0) is 11.2 Å². The second-order valence-corrected chi connectivity index (χ2v) is 5.24. The number of hydrogen-bond acceptors (Lipinski definition) is 4. The smallest absolute Gasteiger partial charge is 0.323 e. The number of aliphatic carboxylic acids is 1. The van der Waals surface area contributed by atoms with E-state index >= 15 is 0 Å². The number of nitrogen functional groups attached to an aromatic ring is 1. The molecule has 2 rings (SSSR count). The lowest BCUT2D eigenvalue weighted by Crippen LogP contribution is -2.32. The average Bonchev–Trinajstić information content (AvgIpc) is 2.88. The quantitative estimate of drug-likeness (QED) is 0.795. The molecule has 0 saturated heterocycles. The Bertz CT molecular complexity index is 540. The van der Waals surface area contributed by atoms with Crippen LogP contribution in [0.15, 0.2) is 41.8 Å². The maximum absolute atomic E-state index is 11.0. The molecule has 0 amide bonds. The Morgan fingerprint density at radius 3 is 2.68 bits per heavy atom. The zero-order valence-corrected chi connectivity index (χ0v) is 11.3. The number of anilines is 2. The fourth-order valence-corrected chi connectivity index (χ4v) is 2.62. The highest BCUT2D eigenvalue weighted by Crippen LogP contribution is 2.23. The molecule has 2 aromatic rings. The lowest BCUT2D eigenvalue weighted by Gasteiger charge is -2.24. The number of nitrogens with zero attached hydrogens (tertiary/aromatic N) is 1. The van der Waals surface area contributed by atoms with Crippen LogP contribution in [0.25, 0.3) is 0 Å². The summed E-state index contributed by atoms with van der Waals surface area (Å²) in [7, 11) is 0. The van der Waals surface area contributed by atoms with Gasteiger partial charge < -0.3 is 15.7 Å². The summed E-state index contributed by atoms with van der Waals surface area (Å²) in [5.41, 5.74) is 7.30. The van der Waals surface area contributed by atoms with Crippen molar-refractivity contribution in [3.8, 4) is 0 Å². The minimum absolute atomic E-state index is 0.0421. The molecule has 4 nitrogen and oxygen atoms in total. The van der Waals surface area contributed by atoms with Crippen molar-refractivity contribution >= 4 is 28.7 Å². The van der Waals surface area contributed by atoms with Gasteiger partial charge >= 0.3 is 5.97 Å². The predicted octanol–water partition coefficient (Wildman–Crippen LogP) is 2.46. The Labute approximate surface area is 116 Å². The number of para-hydroxylation sites is 2. The van der Waals surface area contributed by atoms with Crippen molar-refractivity contribution in [1.82, 2.24) is 0 Å². The lowest BCUT2D eigenvalue weighted by molar-refractivity contribution is -0.135. The van der Waals surface area contributed by atoms with E-state index in [-0.39, 0.29) is 6.54 Å². The van der Waals surface area contributed by atoms with Gasteiger partial charge in [0.05, 0.1) is 11.4 Å². The monoisotopic (exact) mass is 276 g/mol. The highest BCUT2D eigenvalue weighted by atomic mass is 32.1. The van der Waals surface area contributed by atoms with Crippen molar-refractivity contribution in [3.05, 3.63) is 46.7 Å². The van der Waals surface area contributed by atoms with E-state index in [2.05, 4.69) is 6.07 Å².